The largest absolute Gasteiger partial charge is 0.315 e. The molecule has 0 aromatic carbocycles. The molecule has 1 aliphatic rings. The SMILES string of the molecule is CCC(CNCC(C)C)N1CCN(C)C(C)C1. The third-order valence-electron chi connectivity index (χ3n) is 3.91. The highest BCUT2D eigenvalue weighted by atomic mass is 15.3. The van der Waals surface area contributed by atoms with Gasteiger partial charge in [-0.05, 0) is 32.9 Å². The minimum atomic E-state index is 0.697. The van der Waals surface area contributed by atoms with E-state index < -0.39 is 0 Å². The summed E-state index contributed by atoms with van der Waals surface area (Å²) in [5.41, 5.74) is 0. The molecule has 1 N–H and O–H groups in total. The average Bonchev–Trinajstić information content (AvgIpc) is 2.28. The van der Waals surface area contributed by atoms with E-state index in [4.69, 9.17) is 0 Å². The maximum atomic E-state index is 3.60. The van der Waals surface area contributed by atoms with Crippen LogP contribution in [0.5, 0.6) is 0 Å². The van der Waals surface area contributed by atoms with Gasteiger partial charge in [0.2, 0.25) is 0 Å². The van der Waals surface area contributed by atoms with E-state index >= 15 is 0 Å². The molecule has 1 rings (SSSR count). The summed E-state index contributed by atoms with van der Waals surface area (Å²) in [7, 11) is 2.24. The van der Waals surface area contributed by atoms with Crippen molar-refractivity contribution in [3.05, 3.63) is 0 Å². The van der Waals surface area contributed by atoms with Crippen LogP contribution in [-0.4, -0.2) is 61.7 Å². The predicted octanol–water partition coefficient (Wildman–Crippen LogP) is 1.65. The second-order valence-corrected chi connectivity index (χ2v) is 5.94. The standard InChI is InChI=1S/C14H31N3/c1-6-14(10-15-9-12(2)3)17-8-7-16(5)13(4)11-17/h12-15H,6-11H2,1-5H3. The van der Waals surface area contributed by atoms with E-state index in [2.05, 4.69) is 49.9 Å². The first-order valence-electron chi connectivity index (χ1n) is 7.19. The Morgan fingerprint density at radius 2 is 1.94 bits per heavy atom. The highest BCUT2D eigenvalue weighted by Gasteiger charge is 2.25. The summed E-state index contributed by atoms with van der Waals surface area (Å²) in [6.45, 7) is 15.1. The Bertz CT molecular complexity index is 206. The van der Waals surface area contributed by atoms with Crippen LogP contribution in [0.3, 0.4) is 0 Å². The number of nitrogens with zero attached hydrogens (tertiary/aromatic N) is 2. The lowest BCUT2D eigenvalue weighted by Gasteiger charge is -2.41. The van der Waals surface area contributed by atoms with Gasteiger partial charge < -0.3 is 10.2 Å². The lowest BCUT2D eigenvalue weighted by Crippen LogP contribution is -2.55. The van der Waals surface area contributed by atoms with Crippen LogP contribution < -0.4 is 5.32 Å². The zero-order valence-electron chi connectivity index (χ0n) is 12.4. The van der Waals surface area contributed by atoms with E-state index in [-0.39, 0.29) is 0 Å². The van der Waals surface area contributed by atoms with Crippen LogP contribution in [0.2, 0.25) is 0 Å². The first kappa shape index (κ1) is 14.9. The molecule has 1 saturated heterocycles. The molecule has 102 valence electrons. The molecule has 0 spiro atoms. The predicted molar refractivity (Wildman–Crippen MR) is 75.5 cm³/mol. The number of likely N-dealkylation sites (N-methyl/N-ethyl adjacent to an activating group) is 1. The van der Waals surface area contributed by atoms with Gasteiger partial charge in [-0.25, -0.2) is 0 Å². The summed E-state index contributed by atoms with van der Waals surface area (Å²) in [6, 6.07) is 1.41. The Morgan fingerprint density at radius 3 is 2.47 bits per heavy atom. The monoisotopic (exact) mass is 241 g/mol. The fourth-order valence-corrected chi connectivity index (χ4v) is 2.48. The van der Waals surface area contributed by atoms with E-state index in [1.807, 2.05) is 0 Å². The van der Waals surface area contributed by atoms with E-state index in [0.29, 0.717) is 12.1 Å². The van der Waals surface area contributed by atoms with Crippen molar-refractivity contribution in [2.45, 2.75) is 46.2 Å². The summed E-state index contributed by atoms with van der Waals surface area (Å²) in [6.07, 6.45) is 1.25. The fraction of sp³-hybridized carbons (Fsp3) is 1.00. The average molecular weight is 241 g/mol. The molecular formula is C14H31N3. The van der Waals surface area contributed by atoms with Crippen molar-refractivity contribution in [1.29, 1.82) is 0 Å². The van der Waals surface area contributed by atoms with Crippen LogP contribution in [0, 0.1) is 5.92 Å². The molecule has 0 bridgehead atoms. The van der Waals surface area contributed by atoms with Gasteiger partial charge in [0.25, 0.3) is 0 Å². The third kappa shape index (κ3) is 4.94. The topological polar surface area (TPSA) is 18.5 Å². The number of rotatable bonds is 6. The van der Waals surface area contributed by atoms with E-state index in [0.717, 1.165) is 19.0 Å². The quantitative estimate of drug-likeness (QED) is 0.763. The Labute approximate surface area is 108 Å². The Hall–Kier alpha value is -0.120. The summed E-state index contributed by atoms with van der Waals surface area (Å²) in [5.74, 6) is 0.749. The van der Waals surface area contributed by atoms with Crippen LogP contribution in [0.25, 0.3) is 0 Å². The van der Waals surface area contributed by atoms with Crippen molar-refractivity contribution in [2.75, 3.05) is 39.8 Å². The zero-order valence-corrected chi connectivity index (χ0v) is 12.4. The number of hydrogen-bond donors (Lipinski definition) is 1. The summed E-state index contributed by atoms with van der Waals surface area (Å²) >= 11 is 0. The van der Waals surface area contributed by atoms with Gasteiger partial charge in [0.15, 0.2) is 0 Å². The molecule has 2 atom stereocenters. The first-order valence-corrected chi connectivity index (χ1v) is 7.19. The summed E-state index contributed by atoms with van der Waals surface area (Å²) in [4.78, 5) is 5.13. The van der Waals surface area contributed by atoms with Gasteiger partial charge in [0.05, 0.1) is 0 Å². The third-order valence-corrected chi connectivity index (χ3v) is 3.91. The van der Waals surface area contributed by atoms with Gasteiger partial charge in [-0.2, -0.15) is 0 Å². The van der Waals surface area contributed by atoms with Gasteiger partial charge >= 0.3 is 0 Å². The molecule has 0 aliphatic carbocycles. The van der Waals surface area contributed by atoms with Crippen molar-refractivity contribution >= 4 is 0 Å². The first-order chi connectivity index (χ1) is 8.04. The lowest BCUT2D eigenvalue weighted by molar-refractivity contribution is 0.0697. The second kappa shape index (κ2) is 7.34. The molecule has 1 heterocycles. The smallest absolute Gasteiger partial charge is 0.0219 e. The minimum absolute atomic E-state index is 0.697. The molecule has 0 aromatic heterocycles. The lowest BCUT2D eigenvalue weighted by atomic mass is 10.1. The highest BCUT2D eigenvalue weighted by molar-refractivity contribution is 4.82. The molecule has 3 nitrogen and oxygen atoms in total. The number of nitrogens with one attached hydrogen (secondary N) is 1. The second-order valence-electron chi connectivity index (χ2n) is 5.94. The van der Waals surface area contributed by atoms with Crippen LogP contribution in [0.1, 0.15) is 34.1 Å². The number of hydrogen-bond acceptors (Lipinski definition) is 3. The zero-order chi connectivity index (χ0) is 12.8. The minimum Gasteiger partial charge on any atom is -0.315 e. The normalized spacial score (nSPS) is 25.4. The van der Waals surface area contributed by atoms with Crippen molar-refractivity contribution in [3.8, 4) is 0 Å². The van der Waals surface area contributed by atoms with Crippen molar-refractivity contribution < 1.29 is 0 Å². The molecule has 2 unspecified atom stereocenters. The summed E-state index contributed by atoms with van der Waals surface area (Å²) < 4.78 is 0. The number of piperazine rings is 1. The molecule has 0 radical (unpaired) electrons. The van der Waals surface area contributed by atoms with Gasteiger partial charge in [-0.15, -0.1) is 0 Å². The van der Waals surface area contributed by atoms with E-state index in [9.17, 15) is 0 Å². The Kier molecular flexibility index (Phi) is 6.45. The fourth-order valence-electron chi connectivity index (χ4n) is 2.48. The molecule has 1 aliphatic heterocycles. The van der Waals surface area contributed by atoms with E-state index in [1.54, 1.807) is 0 Å². The van der Waals surface area contributed by atoms with Gasteiger partial charge in [-0.3, -0.25) is 4.90 Å². The molecule has 3 heteroatoms. The van der Waals surface area contributed by atoms with Crippen molar-refractivity contribution in [2.24, 2.45) is 5.92 Å². The highest BCUT2D eigenvalue weighted by Crippen LogP contribution is 2.12. The van der Waals surface area contributed by atoms with Crippen molar-refractivity contribution in [1.82, 2.24) is 15.1 Å². The Morgan fingerprint density at radius 1 is 1.24 bits per heavy atom. The van der Waals surface area contributed by atoms with Crippen LogP contribution in [0.15, 0.2) is 0 Å². The molecule has 1 fully saturated rings. The molecule has 0 saturated carbocycles. The molecular weight excluding hydrogens is 210 g/mol. The maximum absolute atomic E-state index is 3.60. The summed E-state index contributed by atoms with van der Waals surface area (Å²) in [5, 5.41) is 3.60. The molecule has 0 amide bonds. The molecule has 0 aromatic rings. The maximum Gasteiger partial charge on any atom is 0.0219 e. The van der Waals surface area contributed by atoms with Crippen LogP contribution >= 0.6 is 0 Å². The Balaban J connectivity index is 2.34. The van der Waals surface area contributed by atoms with Gasteiger partial charge in [-0.1, -0.05) is 20.8 Å². The van der Waals surface area contributed by atoms with Gasteiger partial charge in [0, 0.05) is 38.3 Å². The van der Waals surface area contributed by atoms with Crippen LogP contribution in [0.4, 0.5) is 0 Å². The van der Waals surface area contributed by atoms with Gasteiger partial charge in [0.1, 0.15) is 0 Å². The van der Waals surface area contributed by atoms with E-state index in [1.165, 1.54) is 26.1 Å². The van der Waals surface area contributed by atoms with Crippen molar-refractivity contribution in [3.63, 3.8) is 0 Å². The van der Waals surface area contributed by atoms with Crippen LogP contribution in [-0.2, 0) is 0 Å². The molecule has 17 heavy (non-hydrogen) atoms.